The molecule has 1 aromatic carbocycles. The van der Waals surface area contributed by atoms with Crippen molar-refractivity contribution in [2.75, 3.05) is 12.3 Å². The van der Waals surface area contributed by atoms with Crippen LogP contribution in [0.3, 0.4) is 0 Å². The first-order valence-corrected chi connectivity index (χ1v) is 12.9. The van der Waals surface area contributed by atoms with E-state index in [1.807, 2.05) is 30.3 Å². The average Bonchev–Trinajstić information content (AvgIpc) is 3.30. The van der Waals surface area contributed by atoms with Gasteiger partial charge in [-0.15, -0.1) is 11.3 Å². The molecule has 5 rings (SSSR count). The molecule has 2 saturated carbocycles. The maximum absolute atomic E-state index is 13.9. The third-order valence-corrected chi connectivity index (χ3v) is 10.9. The third-order valence-electron chi connectivity index (χ3n) is 7.96. The van der Waals surface area contributed by atoms with Gasteiger partial charge in [0.2, 0.25) is 10.0 Å². The lowest BCUT2D eigenvalue weighted by Gasteiger charge is -2.40. The van der Waals surface area contributed by atoms with Crippen molar-refractivity contribution in [2.24, 2.45) is 16.7 Å². The predicted molar refractivity (Wildman–Crippen MR) is 115 cm³/mol. The van der Waals surface area contributed by atoms with Gasteiger partial charge in [0.15, 0.2) is 0 Å². The fraction of sp³-hybridized carbons (Fsp3) is 0.522. The number of sulfonamides is 1. The maximum Gasteiger partial charge on any atom is 0.215 e. The number of rotatable bonds is 4. The number of thiophene rings is 1. The monoisotopic (exact) mass is 429 g/mol. The second-order valence-corrected chi connectivity index (χ2v) is 12.3. The van der Waals surface area contributed by atoms with Gasteiger partial charge in [-0.25, -0.2) is 8.42 Å². The lowest BCUT2D eigenvalue weighted by molar-refractivity contribution is -0.128. The summed E-state index contributed by atoms with van der Waals surface area (Å²) >= 11 is 1.70. The van der Waals surface area contributed by atoms with Gasteiger partial charge < -0.3 is 0 Å². The largest absolute Gasteiger partial charge is 0.299 e. The molecule has 0 N–H and O–H groups in total. The molecule has 3 unspecified atom stereocenters. The molecule has 2 bridgehead atoms. The molecule has 2 fully saturated rings. The van der Waals surface area contributed by atoms with E-state index in [1.54, 1.807) is 15.6 Å². The Labute approximate surface area is 177 Å². The molecule has 2 aliphatic carbocycles. The molecule has 2 heterocycles. The minimum atomic E-state index is -3.62. The Kier molecular flexibility index (Phi) is 4.36. The Bertz CT molecular complexity index is 1060. The molecular formula is C23H27NO3S2. The van der Waals surface area contributed by atoms with Crippen LogP contribution in [-0.4, -0.2) is 30.8 Å². The zero-order chi connectivity index (χ0) is 20.4. The lowest BCUT2D eigenvalue weighted by atomic mass is 9.70. The number of hydrogen-bond acceptors (Lipinski definition) is 4. The molecule has 3 aliphatic rings. The molecule has 1 aliphatic heterocycles. The summed E-state index contributed by atoms with van der Waals surface area (Å²) in [5.41, 5.74) is 1.11. The molecule has 0 spiro atoms. The van der Waals surface area contributed by atoms with Crippen LogP contribution in [0.5, 0.6) is 0 Å². The zero-order valence-electron chi connectivity index (χ0n) is 16.9. The lowest BCUT2D eigenvalue weighted by Crippen LogP contribution is -2.49. The van der Waals surface area contributed by atoms with E-state index in [2.05, 4.69) is 25.3 Å². The van der Waals surface area contributed by atoms with E-state index in [9.17, 15) is 13.2 Å². The SMILES string of the molecule is CC1(C)C2CCC1(CS(=O)(=O)N1CCc3sccc3C1c1ccccc1)C(=O)C2. The Balaban J connectivity index is 1.56. The van der Waals surface area contributed by atoms with Crippen LogP contribution >= 0.6 is 11.3 Å². The van der Waals surface area contributed by atoms with Crippen LogP contribution in [-0.2, 0) is 21.2 Å². The Hall–Kier alpha value is -1.50. The molecule has 2 aromatic rings. The molecule has 154 valence electrons. The standard InChI is InChI=1S/C23H27NO3S2/c1-22(2)17-8-11-23(22,20(25)14-17)15-29(26,27)24-12-9-19-18(10-13-28-19)21(24)16-6-4-3-5-7-16/h3-7,10,13,17,21H,8-9,11-12,14-15H2,1-2H3. The van der Waals surface area contributed by atoms with Crippen LogP contribution in [0, 0.1) is 16.7 Å². The van der Waals surface area contributed by atoms with Crippen LogP contribution < -0.4 is 0 Å². The molecule has 0 saturated heterocycles. The van der Waals surface area contributed by atoms with Crippen LogP contribution in [0.25, 0.3) is 0 Å². The first kappa shape index (κ1) is 19.5. The van der Waals surface area contributed by atoms with Gasteiger partial charge in [-0.3, -0.25) is 4.79 Å². The molecular weight excluding hydrogens is 402 g/mol. The first-order chi connectivity index (χ1) is 13.8. The van der Waals surface area contributed by atoms with Crippen LogP contribution in [0.2, 0.25) is 0 Å². The highest BCUT2D eigenvalue weighted by molar-refractivity contribution is 7.89. The zero-order valence-corrected chi connectivity index (χ0v) is 18.6. The summed E-state index contributed by atoms with van der Waals surface area (Å²) in [4.78, 5) is 14.2. The Morgan fingerprint density at radius 2 is 1.93 bits per heavy atom. The Morgan fingerprint density at radius 3 is 2.59 bits per heavy atom. The van der Waals surface area contributed by atoms with Gasteiger partial charge in [-0.1, -0.05) is 44.2 Å². The van der Waals surface area contributed by atoms with Crippen molar-refractivity contribution in [1.29, 1.82) is 0 Å². The Morgan fingerprint density at radius 1 is 1.17 bits per heavy atom. The van der Waals surface area contributed by atoms with Crippen LogP contribution in [0.4, 0.5) is 0 Å². The van der Waals surface area contributed by atoms with E-state index in [0.717, 1.165) is 24.0 Å². The smallest absolute Gasteiger partial charge is 0.215 e. The molecule has 4 nitrogen and oxygen atoms in total. The van der Waals surface area contributed by atoms with Crippen LogP contribution in [0.1, 0.15) is 55.2 Å². The van der Waals surface area contributed by atoms with Gasteiger partial charge in [0.1, 0.15) is 5.78 Å². The second kappa shape index (κ2) is 6.50. The summed E-state index contributed by atoms with van der Waals surface area (Å²) in [5, 5.41) is 2.06. The molecule has 6 heteroatoms. The number of nitrogens with zero attached hydrogens (tertiary/aromatic N) is 1. The van der Waals surface area contributed by atoms with Crippen molar-refractivity contribution in [3.8, 4) is 0 Å². The van der Waals surface area contributed by atoms with Crippen molar-refractivity contribution >= 4 is 27.1 Å². The summed E-state index contributed by atoms with van der Waals surface area (Å²) in [6.45, 7) is 4.68. The van der Waals surface area contributed by atoms with Crippen molar-refractivity contribution in [2.45, 2.75) is 45.6 Å². The van der Waals surface area contributed by atoms with Gasteiger partial charge >= 0.3 is 0 Å². The van der Waals surface area contributed by atoms with Gasteiger partial charge in [0, 0.05) is 23.3 Å². The summed E-state index contributed by atoms with van der Waals surface area (Å²) in [7, 11) is -3.62. The number of Topliss-reactive ketones (excluding diaryl/α,β-unsaturated/α-hetero) is 1. The van der Waals surface area contributed by atoms with Crippen molar-refractivity contribution < 1.29 is 13.2 Å². The molecule has 0 amide bonds. The fourth-order valence-corrected chi connectivity index (χ4v) is 9.37. The number of benzene rings is 1. The maximum atomic E-state index is 13.9. The van der Waals surface area contributed by atoms with Gasteiger partial charge in [-0.2, -0.15) is 4.31 Å². The number of carbonyl (C=O) groups is 1. The molecule has 29 heavy (non-hydrogen) atoms. The van der Waals surface area contributed by atoms with Crippen molar-refractivity contribution in [3.63, 3.8) is 0 Å². The summed E-state index contributed by atoms with van der Waals surface area (Å²) < 4.78 is 29.4. The summed E-state index contributed by atoms with van der Waals surface area (Å²) in [6, 6.07) is 11.7. The quantitative estimate of drug-likeness (QED) is 0.723. The molecule has 0 radical (unpaired) electrons. The van der Waals surface area contributed by atoms with Crippen LogP contribution in [0.15, 0.2) is 41.8 Å². The summed E-state index contributed by atoms with van der Waals surface area (Å²) in [5.74, 6) is 0.428. The van der Waals surface area contributed by atoms with Gasteiger partial charge in [0.25, 0.3) is 0 Å². The second-order valence-electron chi connectivity index (χ2n) is 9.40. The predicted octanol–water partition coefficient (Wildman–Crippen LogP) is 4.42. The third kappa shape index (κ3) is 2.72. The average molecular weight is 430 g/mol. The topological polar surface area (TPSA) is 54.5 Å². The highest BCUT2D eigenvalue weighted by Crippen LogP contribution is 2.64. The van der Waals surface area contributed by atoms with Crippen molar-refractivity contribution in [1.82, 2.24) is 4.31 Å². The highest BCUT2D eigenvalue weighted by Gasteiger charge is 2.65. The number of hydrogen-bond donors (Lipinski definition) is 0. The number of carbonyl (C=O) groups excluding carboxylic acids is 1. The normalized spacial score (nSPS) is 31.2. The van der Waals surface area contributed by atoms with E-state index in [0.29, 0.717) is 25.3 Å². The number of ketones is 1. The fourth-order valence-electron chi connectivity index (χ4n) is 6.08. The molecule has 1 aromatic heterocycles. The van der Waals surface area contributed by atoms with E-state index >= 15 is 0 Å². The van der Waals surface area contributed by atoms with Crippen molar-refractivity contribution in [3.05, 3.63) is 57.8 Å². The van der Waals surface area contributed by atoms with E-state index < -0.39 is 15.4 Å². The van der Waals surface area contributed by atoms with E-state index in [4.69, 9.17) is 0 Å². The van der Waals surface area contributed by atoms with Gasteiger partial charge in [0.05, 0.1) is 11.8 Å². The first-order valence-electron chi connectivity index (χ1n) is 10.4. The van der Waals surface area contributed by atoms with Gasteiger partial charge in [-0.05, 0) is 53.2 Å². The minimum absolute atomic E-state index is 0.0505. The number of fused-ring (bicyclic) bond motifs is 3. The molecule has 3 atom stereocenters. The minimum Gasteiger partial charge on any atom is -0.299 e. The van der Waals surface area contributed by atoms with E-state index in [-0.39, 0.29) is 23.0 Å². The summed E-state index contributed by atoms with van der Waals surface area (Å²) in [6.07, 6.45) is 2.95. The highest BCUT2D eigenvalue weighted by atomic mass is 32.2. The van der Waals surface area contributed by atoms with E-state index in [1.165, 1.54) is 4.88 Å².